The number of aliphatic hydroxyl groups excluding tert-OH is 20. The molecular weight excluding hydrogens is 1530 g/mol. The molecule has 0 amide bonds. The fourth-order valence-corrected chi connectivity index (χ4v) is 21.2. The minimum atomic E-state index is -2.23. The van der Waals surface area contributed by atoms with E-state index in [2.05, 4.69) is 40.7 Å². The van der Waals surface area contributed by atoms with Gasteiger partial charge in [-0.05, 0) is 111 Å². The van der Waals surface area contributed by atoms with Crippen molar-refractivity contribution in [2.45, 2.75) is 347 Å². The number of carboxylic acid groups (broad SMARTS) is 1. The molecule has 0 bridgehead atoms. The van der Waals surface area contributed by atoms with E-state index in [1.165, 1.54) is 13.8 Å². The maximum Gasteiger partial charge on any atom is 0.335 e. The zero-order chi connectivity index (χ0) is 83.0. The Morgan fingerprint density at radius 3 is 1.63 bits per heavy atom. The van der Waals surface area contributed by atoms with E-state index in [-0.39, 0.29) is 25.2 Å². The molecular formula is C74H116O40. The molecule has 40 heteroatoms. The van der Waals surface area contributed by atoms with Crippen LogP contribution >= 0.6 is 0 Å². The number of carbonyl (C=O) groups is 3. The molecule has 0 unspecified atom stereocenters. The van der Waals surface area contributed by atoms with Gasteiger partial charge in [0.05, 0.1) is 62.9 Å². The molecule has 46 atom stereocenters. The van der Waals surface area contributed by atoms with E-state index in [0.29, 0.717) is 38.5 Å². The van der Waals surface area contributed by atoms with E-state index in [1.807, 2.05) is 0 Å². The average Bonchev–Trinajstić information content (AvgIpc) is 0.669. The number of esters is 1. The van der Waals surface area contributed by atoms with E-state index in [9.17, 15) is 117 Å². The van der Waals surface area contributed by atoms with E-state index in [1.54, 1.807) is 6.92 Å². The van der Waals surface area contributed by atoms with Gasteiger partial charge in [0.1, 0.15) is 158 Å². The van der Waals surface area contributed by atoms with Crippen LogP contribution in [0.3, 0.4) is 0 Å². The summed E-state index contributed by atoms with van der Waals surface area (Å²) in [6, 6.07) is 0. The summed E-state index contributed by atoms with van der Waals surface area (Å²) in [5, 5.41) is 232. The summed E-state index contributed by atoms with van der Waals surface area (Å²) in [6.07, 6.45) is -61.9. The van der Waals surface area contributed by atoms with Gasteiger partial charge in [0.2, 0.25) is 6.29 Å². The Labute approximate surface area is 655 Å². The first kappa shape index (κ1) is 88.7. The number of allylic oxidation sites excluding steroid dienone is 2. The van der Waals surface area contributed by atoms with Crippen LogP contribution in [0, 0.1) is 50.2 Å². The molecule has 12 fully saturated rings. The highest BCUT2D eigenvalue weighted by Gasteiger charge is 2.73. The van der Waals surface area contributed by atoms with Crippen molar-refractivity contribution in [3.8, 4) is 0 Å². The Kier molecular flexibility index (Phi) is 26.2. The van der Waals surface area contributed by atoms with Gasteiger partial charge in [0.25, 0.3) is 0 Å². The smallest absolute Gasteiger partial charge is 0.335 e. The van der Waals surface area contributed by atoms with Gasteiger partial charge in [-0.15, -0.1) is 0 Å². The largest absolute Gasteiger partial charge is 0.479 e. The molecule has 652 valence electrons. The topological polar surface area (TPSA) is 624 Å². The maximum atomic E-state index is 15.8. The number of fused-ring (bicyclic) bond motifs is 7. The molecule has 4 saturated carbocycles. The third kappa shape index (κ3) is 15.4. The predicted molar refractivity (Wildman–Crippen MR) is 369 cm³/mol. The normalized spacial score (nSPS) is 55.1. The number of hydrogen-bond donors (Lipinski definition) is 21. The fourth-order valence-electron chi connectivity index (χ4n) is 21.2. The molecule has 8 aliphatic heterocycles. The average molecular weight is 1650 g/mol. The number of carboxylic acids is 1. The Hall–Kier alpha value is -3.05. The first-order chi connectivity index (χ1) is 53.5. The molecule has 8 saturated heterocycles. The Bertz CT molecular complexity index is 3360. The summed E-state index contributed by atoms with van der Waals surface area (Å²) in [4.78, 5) is 43.1. The van der Waals surface area contributed by atoms with Gasteiger partial charge < -0.3 is 188 Å². The van der Waals surface area contributed by atoms with Gasteiger partial charge in [-0.3, -0.25) is 4.79 Å². The summed E-state index contributed by atoms with van der Waals surface area (Å²) in [5.41, 5.74) is -4.92. The zero-order valence-corrected chi connectivity index (χ0v) is 64.4. The van der Waals surface area contributed by atoms with Crippen molar-refractivity contribution in [2.24, 2.45) is 50.2 Å². The van der Waals surface area contributed by atoms with E-state index in [0.717, 1.165) is 11.9 Å². The molecule has 13 rings (SSSR count). The van der Waals surface area contributed by atoms with Crippen LogP contribution in [0.25, 0.3) is 0 Å². The van der Waals surface area contributed by atoms with Crippen LogP contribution < -0.4 is 0 Å². The summed E-state index contributed by atoms with van der Waals surface area (Å²) < 4.78 is 94.9. The molecule has 13 aliphatic rings. The fraction of sp³-hybridized carbons (Fsp3) is 0.932. The van der Waals surface area contributed by atoms with Crippen molar-refractivity contribution >= 4 is 18.2 Å². The van der Waals surface area contributed by atoms with Gasteiger partial charge in [0, 0.05) is 0 Å². The number of aliphatic carboxylic acids is 1. The van der Waals surface area contributed by atoms with Crippen molar-refractivity contribution in [3.63, 3.8) is 0 Å². The summed E-state index contributed by atoms with van der Waals surface area (Å²) in [6.45, 7) is 11.9. The molecule has 0 aromatic rings. The van der Waals surface area contributed by atoms with Crippen molar-refractivity contribution in [1.82, 2.24) is 0 Å². The van der Waals surface area contributed by atoms with Crippen LogP contribution in [0.1, 0.15) is 113 Å². The van der Waals surface area contributed by atoms with Gasteiger partial charge >= 0.3 is 11.9 Å². The second-order valence-electron chi connectivity index (χ2n) is 35.5. The first-order valence-electron chi connectivity index (χ1n) is 39.3. The monoisotopic (exact) mass is 1640 g/mol. The lowest BCUT2D eigenvalue weighted by molar-refractivity contribution is -0.391. The second-order valence-corrected chi connectivity index (χ2v) is 35.5. The molecule has 5 aliphatic carbocycles. The highest BCUT2D eigenvalue weighted by molar-refractivity contribution is 5.80. The van der Waals surface area contributed by atoms with Crippen LogP contribution in [0.5, 0.6) is 0 Å². The van der Waals surface area contributed by atoms with E-state index < -0.39 is 323 Å². The summed E-state index contributed by atoms with van der Waals surface area (Å²) in [7, 11) is 0. The molecule has 0 aromatic carbocycles. The van der Waals surface area contributed by atoms with Crippen LogP contribution in [0.4, 0.5) is 0 Å². The van der Waals surface area contributed by atoms with Crippen molar-refractivity contribution < 1.29 is 197 Å². The lowest BCUT2D eigenvalue weighted by Gasteiger charge is -2.71. The van der Waals surface area contributed by atoms with Crippen LogP contribution in [0.2, 0.25) is 0 Å². The molecule has 0 radical (unpaired) electrons. The SMILES string of the molecule is C[C@@H]1O[C@@H](O[C@H]2[C@H](OC(=O)[C@]34CCC(C)(C)C[C@H]3C3=CC[C@@H]5[C@@]6(C)CC[C@H](O[C@@H]7O[C@H](C(=O)O)[C@@H](O)[C@H](O[C@@H]8OC[C@@H](O)[C@H](O)[C@H]8O)[C@H]7O[C@@H]7O[C@H](CO)[C@H](O)[C@H](O)[C@H]7O)[C@@](C)(C=O)[C@@H]6CC[C@@]5(C)[C@]3(C)C[C@H]4O)O[C@H](C)[C@H](O)[C@@H]2O)[C@H](O)[C@H](O)[C@H]1O[C@@H]1OC[C@@H](O)[C@H](O[C@@H]2OC[C@@H](O[C@@H]3OC[C@@H](O)[C@@H](O)[C@@H]3O)[C@@H](O)[C@@H]2O)[C@H]1O. The maximum absolute atomic E-state index is 15.8. The number of carbonyl (C=O) groups excluding carboxylic acids is 2. The highest BCUT2D eigenvalue weighted by atomic mass is 16.8. The molecule has 0 aromatic heterocycles. The number of rotatable bonds is 19. The van der Waals surface area contributed by atoms with Gasteiger partial charge in [-0.2, -0.15) is 0 Å². The lowest BCUT2D eigenvalue weighted by Crippen LogP contribution is -2.69. The Morgan fingerprint density at radius 2 is 1.00 bits per heavy atom. The lowest BCUT2D eigenvalue weighted by atomic mass is 9.33. The third-order valence-corrected chi connectivity index (χ3v) is 28.2. The number of hydrogen-bond acceptors (Lipinski definition) is 39. The Balaban J connectivity index is 0.705. The first-order valence-corrected chi connectivity index (χ1v) is 39.3. The molecule has 114 heavy (non-hydrogen) atoms. The second kappa shape index (κ2) is 33.6. The van der Waals surface area contributed by atoms with Crippen LogP contribution in [0.15, 0.2) is 11.6 Å². The third-order valence-electron chi connectivity index (χ3n) is 28.2. The Morgan fingerprint density at radius 1 is 0.465 bits per heavy atom. The molecule has 40 nitrogen and oxygen atoms in total. The van der Waals surface area contributed by atoms with Crippen LogP contribution in [-0.2, 0) is 90.2 Å². The standard InChI is InChI=1S/C74H116O40/c1-25-38(81)44(87)57(112-64-50(93)45(88)53(26(2)104-64)108-63-52(95)54(31(79)22-101-63)109-62-48(91)42(85)33(23-102-62)106-60-46(89)39(82)29(77)20-99-60)66(103-25)114-68(98)74-16-15-69(3,4)17-28(74)27-9-10-35-70(5)13-12-37(71(6,24-76)34(70)11-14-72(35,7)73(27,8)18-36(74)80)107-67-58(113-65-49(92)43(86)41(84)32(19-75)105-65)55(51(94)56(111-67)59(96)97)110-61-47(90)40(83)30(78)21-100-61/h9,24-26,28-58,60-67,75,77-95H,10-23H2,1-8H3,(H,96,97)/t25-,26+,28+,29-,30-,31-,32-,33-,34-,35-,36-,37+,38+,39-,40+,41+,42-,43+,44+,45+,46+,47-,48+,49-,50-,51+,52-,53+,54+,55+,56+,57-,58-,60+,61+,62+,63+,64+,65+,66+,67-,70+,71+,72-,73-,74-/m1/s1. The minimum Gasteiger partial charge on any atom is -0.479 e. The zero-order valence-electron chi connectivity index (χ0n) is 64.4. The minimum absolute atomic E-state index is 0.0256. The van der Waals surface area contributed by atoms with Gasteiger partial charge in [0.15, 0.2) is 56.2 Å². The van der Waals surface area contributed by atoms with Crippen molar-refractivity contribution in [2.75, 3.05) is 33.0 Å². The number of aliphatic hydroxyl groups is 20. The molecule has 8 heterocycles. The predicted octanol–water partition coefficient (Wildman–Crippen LogP) is -7.88. The number of ether oxygens (including phenoxy) is 16. The molecule has 21 N–H and O–H groups in total. The van der Waals surface area contributed by atoms with Crippen molar-refractivity contribution in [1.29, 1.82) is 0 Å². The quantitative estimate of drug-likeness (QED) is 0.0247. The summed E-state index contributed by atoms with van der Waals surface area (Å²) >= 11 is 0. The molecule has 0 spiro atoms. The van der Waals surface area contributed by atoms with Gasteiger partial charge in [-0.25, -0.2) is 4.79 Å². The summed E-state index contributed by atoms with van der Waals surface area (Å²) in [5.74, 6) is -4.11. The number of aldehydes is 1. The van der Waals surface area contributed by atoms with Crippen LogP contribution in [-0.4, -0.2) is 392 Å². The van der Waals surface area contributed by atoms with E-state index in [4.69, 9.17) is 75.8 Å². The highest BCUT2D eigenvalue weighted by Crippen LogP contribution is 2.76. The van der Waals surface area contributed by atoms with Crippen molar-refractivity contribution in [3.05, 3.63) is 11.6 Å². The van der Waals surface area contributed by atoms with Gasteiger partial charge in [-0.1, -0.05) is 53.2 Å². The van der Waals surface area contributed by atoms with E-state index >= 15 is 4.79 Å².